The second-order valence-electron chi connectivity index (χ2n) is 2.71. The standard InChI is InChI=1S/C7H16N2/c1-3-7-6(2)8-4-5-9-7/h6-9H,3-5H2,1-2H3/t6-,7+/m0/s1. The summed E-state index contributed by atoms with van der Waals surface area (Å²) in [6.45, 7) is 6.71. The maximum Gasteiger partial charge on any atom is 0.0216 e. The normalized spacial score (nSPS) is 36.7. The van der Waals surface area contributed by atoms with Gasteiger partial charge in [0.1, 0.15) is 0 Å². The van der Waals surface area contributed by atoms with E-state index in [1.807, 2.05) is 0 Å². The summed E-state index contributed by atoms with van der Waals surface area (Å²) in [4.78, 5) is 0. The lowest BCUT2D eigenvalue weighted by atomic mass is 10.1. The monoisotopic (exact) mass is 128 g/mol. The molecule has 1 rings (SSSR count). The van der Waals surface area contributed by atoms with Crippen LogP contribution in [-0.4, -0.2) is 25.2 Å². The molecule has 1 aliphatic rings. The predicted molar refractivity (Wildman–Crippen MR) is 39.5 cm³/mol. The highest BCUT2D eigenvalue weighted by Gasteiger charge is 2.16. The fourth-order valence-electron chi connectivity index (χ4n) is 1.37. The van der Waals surface area contributed by atoms with Crippen LogP contribution in [0.2, 0.25) is 0 Å². The summed E-state index contributed by atoms with van der Waals surface area (Å²) in [7, 11) is 0. The number of hydrogen-bond donors (Lipinski definition) is 2. The number of rotatable bonds is 1. The van der Waals surface area contributed by atoms with Crippen molar-refractivity contribution in [3.05, 3.63) is 0 Å². The van der Waals surface area contributed by atoms with E-state index in [1.54, 1.807) is 0 Å². The van der Waals surface area contributed by atoms with Crippen LogP contribution in [0.1, 0.15) is 20.3 Å². The zero-order chi connectivity index (χ0) is 6.69. The molecule has 1 aliphatic heterocycles. The first-order valence-corrected chi connectivity index (χ1v) is 3.81. The molecule has 2 heteroatoms. The van der Waals surface area contributed by atoms with Gasteiger partial charge in [-0.25, -0.2) is 0 Å². The molecule has 0 aromatic heterocycles. The Morgan fingerprint density at radius 2 is 2.00 bits per heavy atom. The quantitative estimate of drug-likeness (QED) is 0.532. The van der Waals surface area contributed by atoms with Crippen LogP contribution >= 0.6 is 0 Å². The van der Waals surface area contributed by atoms with Crippen LogP contribution in [0.15, 0.2) is 0 Å². The minimum absolute atomic E-state index is 0.656. The van der Waals surface area contributed by atoms with Crippen molar-refractivity contribution in [1.29, 1.82) is 0 Å². The molecule has 2 atom stereocenters. The maximum absolute atomic E-state index is 3.46. The van der Waals surface area contributed by atoms with E-state index < -0.39 is 0 Å². The van der Waals surface area contributed by atoms with Crippen LogP contribution in [0, 0.1) is 0 Å². The summed E-state index contributed by atoms with van der Waals surface area (Å²) in [6, 6.07) is 1.35. The van der Waals surface area contributed by atoms with E-state index in [0.717, 1.165) is 13.1 Å². The molecule has 9 heavy (non-hydrogen) atoms. The SMILES string of the molecule is CC[C@H]1NCCN[C@H]1C. The average molecular weight is 128 g/mol. The van der Waals surface area contributed by atoms with Crippen LogP contribution in [0.25, 0.3) is 0 Å². The molecule has 0 aliphatic carbocycles. The molecular weight excluding hydrogens is 112 g/mol. The van der Waals surface area contributed by atoms with Crippen molar-refractivity contribution < 1.29 is 0 Å². The summed E-state index contributed by atoms with van der Waals surface area (Å²) in [5.41, 5.74) is 0. The fourth-order valence-corrected chi connectivity index (χ4v) is 1.37. The zero-order valence-corrected chi connectivity index (χ0v) is 6.28. The van der Waals surface area contributed by atoms with Crippen LogP contribution in [0.3, 0.4) is 0 Å². The smallest absolute Gasteiger partial charge is 0.0216 e. The lowest BCUT2D eigenvalue weighted by molar-refractivity contribution is 0.331. The summed E-state index contributed by atoms with van der Waals surface area (Å²) < 4.78 is 0. The highest BCUT2D eigenvalue weighted by atomic mass is 15.1. The van der Waals surface area contributed by atoms with Crippen LogP contribution in [-0.2, 0) is 0 Å². The van der Waals surface area contributed by atoms with Gasteiger partial charge in [0.15, 0.2) is 0 Å². The second kappa shape index (κ2) is 3.18. The Balaban J connectivity index is 2.30. The minimum atomic E-state index is 0.656. The van der Waals surface area contributed by atoms with E-state index in [1.165, 1.54) is 6.42 Å². The summed E-state index contributed by atoms with van der Waals surface area (Å²) in [6.07, 6.45) is 1.23. The predicted octanol–water partition coefficient (Wildman–Crippen LogP) is 0.346. The molecule has 0 amide bonds. The van der Waals surface area contributed by atoms with E-state index in [4.69, 9.17) is 0 Å². The van der Waals surface area contributed by atoms with Crippen molar-refractivity contribution in [2.45, 2.75) is 32.4 Å². The topological polar surface area (TPSA) is 24.1 Å². The van der Waals surface area contributed by atoms with Crippen molar-refractivity contribution in [2.24, 2.45) is 0 Å². The first kappa shape index (κ1) is 7.03. The van der Waals surface area contributed by atoms with Gasteiger partial charge in [-0.05, 0) is 13.3 Å². The Hall–Kier alpha value is -0.0800. The Bertz CT molecular complexity index is 83.0. The Morgan fingerprint density at radius 3 is 2.44 bits per heavy atom. The molecule has 1 saturated heterocycles. The molecule has 0 radical (unpaired) electrons. The third-order valence-electron chi connectivity index (χ3n) is 2.04. The van der Waals surface area contributed by atoms with E-state index >= 15 is 0 Å². The van der Waals surface area contributed by atoms with E-state index in [0.29, 0.717) is 12.1 Å². The largest absolute Gasteiger partial charge is 0.311 e. The van der Waals surface area contributed by atoms with Gasteiger partial charge in [0.05, 0.1) is 0 Å². The molecule has 0 spiro atoms. The van der Waals surface area contributed by atoms with E-state index in [-0.39, 0.29) is 0 Å². The highest BCUT2D eigenvalue weighted by Crippen LogP contribution is 2.00. The molecule has 0 unspecified atom stereocenters. The first-order valence-electron chi connectivity index (χ1n) is 3.81. The van der Waals surface area contributed by atoms with Gasteiger partial charge in [-0.1, -0.05) is 6.92 Å². The molecule has 1 fully saturated rings. The zero-order valence-electron chi connectivity index (χ0n) is 6.28. The van der Waals surface area contributed by atoms with Crippen LogP contribution < -0.4 is 10.6 Å². The number of nitrogens with one attached hydrogen (secondary N) is 2. The van der Waals surface area contributed by atoms with Crippen molar-refractivity contribution in [3.8, 4) is 0 Å². The molecule has 0 aromatic carbocycles. The molecule has 2 nitrogen and oxygen atoms in total. The number of hydrogen-bond acceptors (Lipinski definition) is 2. The van der Waals surface area contributed by atoms with E-state index in [2.05, 4.69) is 24.5 Å². The maximum atomic E-state index is 3.46. The van der Waals surface area contributed by atoms with Crippen LogP contribution in [0.4, 0.5) is 0 Å². The van der Waals surface area contributed by atoms with Gasteiger partial charge in [-0.2, -0.15) is 0 Å². The average Bonchev–Trinajstić information content (AvgIpc) is 1.89. The lowest BCUT2D eigenvalue weighted by Crippen LogP contribution is -2.54. The van der Waals surface area contributed by atoms with E-state index in [9.17, 15) is 0 Å². The number of piperazine rings is 1. The van der Waals surface area contributed by atoms with Crippen molar-refractivity contribution in [2.75, 3.05) is 13.1 Å². The first-order chi connectivity index (χ1) is 4.34. The van der Waals surface area contributed by atoms with Gasteiger partial charge < -0.3 is 10.6 Å². The summed E-state index contributed by atoms with van der Waals surface area (Å²) in [5.74, 6) is 0. The van der Waals surface area contributed by atoms with Gasteiger partial charge in [0.2, 0.25) is 0 Å². The molecule has 0 saturated carbocycles. The van der Waals surface area contributed by atoms with Gasteiger partial charge in [-0.15, -0.1) is 0 Å². The molecule has 1 heterocycles. The molecule has 0 bridgehead atoms. The van der Waals surface area contributed by atoms with Crippen LogP contribution in [0.5, 0.6) is 0 Å². The highest BCUT2D eigenvalue weighted by molar-refractivity contribution is 4.81. The molecule has 0 aromatic rings. The minimum Gasteiger partial charge on any atom is -0.311 e. The van der Waals surface area contributed by atoms with Gasteiger partial charge in [0, 0.05) is 25.2 Å². The Labute approximate surface area is 57.0 Å². The third-order valence-corrected chi connectivity index (χ3v) is 2.04. The van der Waals surface area contributed by atoms with Gasteiger partial charge in [0.25, 0.3) is 0 Å². The second-order valence-corrected chi connectivity index (χ2v) is 2.71. The van der Waals surface area contributed by atoms with Gasteiger partial charge in [-0.3, -0.25) is 0 Å². The van der Waals surface area contributed by atoms with Crippen molar-refractivity contribution in [3.63, 3.8) is 0 Å². The summed E-state index contributed by atoms with van der Waals surface area (Å²) >= 11 is 0. The Kier molecular flexibility index (Phi) is 2.49. The molecule has 2 N–H and O–H groups in total. The lowest BCUT2D eigenvalue weighted by Gasteiger charge is -2.30. The summed E-state index contributed by atoms with van der Waals surface area (Å²) in [5, 5.41) is 6.88. The van der Waals surface area contributed by atoms with Gasteiger partial charge >= 0.3 is 0 Å². The van der Waals surface area contributed by atoms with Crippen molar-refractivity contribution >= 4 is 0 Å². The molecule has 54 valence electrons. The third kappa shape index (κ3) is 1.66. The Morgan fingerprint density at radius 1 is 1.33 bits per heavy atom. The van der Waals surface area contributed by atoms with Crippen molar-refractivity contribution in [1.82, 2.24) is 10.6 Å². The molecular formula is C7H16N2. The fraction of sp³-hybridized carbons (Fsp3) is 1.00.